The van der Waals surface area contributed by atoms with Crippen LogP contribution in [0.4, 0.5) is 5.69 Å². The molecule has 25 heavy (non-hydrogen) atoms. The van der Waals surface area contributed by atoms with Gasteiger partial charge in [0.25, 0.3) is 0 Å². The van der Waals surface area contributed by atoms with Gasteiger partial charge in [-0.1, -0.05) is 42.5 Å². The highest BCUT2D eigenvalue weighted by atomic mass is 16.6. The van der Waals surface area contributed by atoms with Crippen LogP contribution in [0.5, 0.6) is 0 Å². The van der Waals surface area contributed by atoms with Gasteiger partial charge in [-0.2, -0.15) is 0 Å². The molecule has 2 aromatic rings. The molecule has 0 amide bonds. The predicted octanol–water partition coefficient (Wildman–Crippen LogP) is 5.21. The van der Waals surface area contributed by atoms with E-state index in [-0.39, 0.29) is 5.97 Å². The molecule has 0 fully saturated rings. The van der Waals surface area contributed by atoms with Gasteiger partial charge in [-0.3, -0.25) is 4.79 Å². The van der Waals surface area contributed by atoms with E-state index in [2.05, 4.69) is 41.7 Å². The molecule has 0 radical (unpaired) electrons. The van der Waals surface area contributed by atoms with E-state index in [9.17, 15) is 4.79 Å². The molecule has 0 aliphatic carbocycles. The third-order valence-electron chi connectivity index (χ3n) is 3.89. The number of carbonyl (C=O) groups is 1. The second-order valence-electron chi connectivity index (χ2n) is 8.10. The van der Waals surface area contributed by atoms with Crippen LogP contribution in [-0.4, -0.2) is 11.6 Å². The topological polar surface area (TPSA) is 38.3 Å². The molecule has 3 nitrogen and oxygen atoms in total. The van der Waals surface area contributed by atoms with Crippen molar-refractivity contribution in [1.82, 2.24) is 0 Å². The minimum absolute atomic E-state index is 0.158. The number of carbonyl (C=O) groups excluding carboxylic acids is 1. The van der Waals surface area contributed by atoms with Crippen molar-refractivity contribution in [2.75, 3.05) is 5.32 Å². The molecule has 0 bridgehead atoms. The highest BCUT2D eigenvalue weighted by Gasteiger charge is 2.32. The average molecular weight is 339 g/mol. The molecule has 0 aromatic heterocycles. The second kappa shape index (κ2) is 7.73. The summed E-state index contributed by atoms with van der Waals surface area (Å²) in [4.78, 5) is 12.4. The van der Waals surface area contributed by atoms with Crippen LogP contribution in [0.3, 0.4) is 0 Å². The molecule has 2 rings (SSSR count). The monoisotopic (exact) mass is 339 g/mol. The summed E-state index contributed by atoms with van der Waals surface area (Å²) in [5.74, 6) is -0.158. The van der Waals surface area contributed by atoms with Crippen molar-refractivity contribution in [3.05, 3.63) is 65.7 Å². The summed E-state index contributed by atoms with van der Waals surface area (Å²) in [6, 6.07) is 18.5. The zero-order valence-electron chi connectivity index (χ0n) is 15.9. The van der Waals surface area contributed by atoms with Crippen LogP contribution in [0, 0.1) is 5.41 Å². The number of rotatable bonds is 6. The normalized spacial score (nSPS) is 11.9. The molecular weight excluding hydrogens is 310 g/mol. The third kappa shape index (κ3) is 6.26. The molecule has 1 N–H and O–H groups in total. The Morgan fingerprint density at radius 3 is 2.00 bits per heavy atom. The molecule has 0 saturated carbocycles. The fourth-order valence-corrected chi connectivity index (χ4v) is 2.53. The summed E-state index contributed by atoms with van der Waals surface area (Å²) >= 11 is 0. The molecular formula is C22H29NO2. The zero-order valence-corrected chi connectivity index (χ0v) is 15.9. The first-order valence-corrected chi connectivity index (χ1v) is 8.76. The fourth-order valence-electron chi connectivity index (χ4n) is 2.53. The van der Waals surface area contributed by atoms with Crippen LogP contribution in [-0.2, 0) is 22.5 Å². The first-order valence-electron chi connectivity index (χ1n) is 8.76. The number of esters is 1. The van der Waals surface area contributed by atoms with E-state index in [4.69, 9.17) is 4.74 Å². The SMILES string of the molecule is CC(C)(C)OC(=O)C(C)(C)Cc1ccc(CNc2ccccc2)cc1. The molecule has 3 heteroatoms. The van der Waals surface area contributed by atoms with E-state index >= 15 is 0 Å². The first kappa shape index (κ1) is 19.0. The Hall–Kier alpha value is -2.29. The van der Waals surface area contributed by atoms with Crippen molar-refractivity contribution in [2.24, 2.45) is 5.41 Å². The van der Waals surface area contributed by atoms with Crippen LogP contribution in [0.25, 0.3) is 0 Å². The highest BCUT2D eigenvalue weighted by molar-refractivity contribution is 5.76. The Morgan fingerprint density at radius 2 is 1.44 bits per heavy atom. The lowest BCUT2D eigenvalue weighted by Gasteiger charge is -2.28. The third-order valence-corrected chi connectivity index (χ3v) is 3.89. The van der Waals surface area contributed by atoms with Crippen molar-refractivity contribution in [3.63, 3.8) is 0 Å². The van der Waals surface area contributed by atoms with Gasteiger partial charge in [-0.15, -0.1) is 0 Å². The largest absolute Gasteiger partial charge is 0.460 e. The molecule has 0 aliphatic heterocycles. The average Bonchev–Trinajstić information content (AvgIpc) is 2.53. The van der Waals surface area contributed by atoms with E-state index < -0.39 is 11.0 Å². The molecule has 2 aromatic carbocycles. The van der Waals surface area contributed by atoms with E-state index in [0.29, 0.717) is 6.42 Å². The molecule has 0 spiro atoms. The number of nitrogens with one attached hydrogen (secondary N) is 1. The zero-order chi connectivity index (χ0) is 18.5. The van der Waals surface area contributed by atoms with Gasteiger partial charge in [0.2, 0.25) is 0 Å². The van der Waals surface area contributed by atoms with Crippen molar-refractivity contribution in [3.8, 4) is 0 Å². The quantitative estimate of drug-likeness (QED) is 0.734. The maximum Gasteiger partial charge on any atom is 0.312 e. The van der Waals surface area contributed by atoms with Gasteiger partial charge in [-0.25, -0.2) is 0 Å². The predicted molar refractivity (Wildman–Crippen MR) is 104 cm³/mol. The Bertz CT molecular complexity index is 682. The lowest BCUT2D eigenvalue weighted by atomic mass is 9.85. The molecule has 134 valence electrons. The van der Waals surface area contributed by atoms with Crippen LogP contribution in [0.1, 0.15) is 45.7 Å². The number of hydrogen-bond acceptors (Lipinski definition) is 3. The summed E-state index contributed by atoms with van der Waals surface area (Å²) in [5.41, 5.74) is 2.46. The van der Waals surface area contributed by atoms with Gasteiger partial charge in [0.05, 0.1) is 5.41 Å². The van der Waals surface area contributed by atoms with Crippen LogP contribution in [0.15, 0.2) is 54.6 Å². The number of hydrogen-bond donors (Lipinski definition) is 1. The minimum Gasteiger partial charge on any atom is -0.460 e. The summed E-state index contributed by atoms with van der Waals surface area (Å²) in [6.45, 7) is 10.3. The van der Waals surface area contributed by atoms with E-state index in [1.165, 1.54) is 5.56 Å². The number of ether oxygens (including phenoxy) is 1. The lowest BCUT2D eigenvalue weighted by Crippen LogP contribution is -2.35. The standard InChI is InChI=1S/C22H29NO2/c1-21(2,3)25-20(24)22(4,5)15-17-11-13-18(14-12-17)16-23-19-9-7-6-8-10-19/h6-14,23H,15-16H2,1-5H3. The molecule has 0 unspecified atom stereocenters. The van der Waals surface area contributed by atoms with Gasteiger partial charge >= 0.3 is 5.97 Å². The number of anilines is 1. The van der Waals surface area contributed by atoms with Crippen LogP contribution < -0.4 is 5.32 Å². The van der Waals surface area contributed by atoms with Gasteiger partial charge in [0.15, 0.2) is 0 Å². The number of para-hydroxylation sites is 1. The maximum absolute atomic E-state index is 12.4. The van der Waals surface area contributed by atoms with E-state index in [1.54, 1.807) is 0 Å². The second-order valence-corrected chi connectivity index (χ2v) is 8.10. The molecule has 0 saturated heterocycles. The number of benzene rings is 2. The van der Waals surface area contributed by atoms with Gasteiger partial charge in [0, 0.05) is 12.2 Å². The summed E-state index contributed by atoms with van der Waals surface area (Å²) < 4.78 is 5.54. The summed E-state index contributed by atoms with van der Waals surface area (Å²) in [5, 5.41) is 3.40. The Balaban J connectivity index is 1.94. The van der Waals surface area contributed by atoms with Crippen molar-refractivity contribution in [2.45, 2.75) is 53.2 Å². The van der Waals surface area contributed by atoms with Crippen LogP contribution >= 0.6 is 0 Å². The fraction of sp³-hybridized carbons (Fsp3) is 0.409. The Kier molecular flexibility index (Phi) is 5.89. The van der Waals surface area contributed by atoms with Crippen molar-refractivity contribution >= 4 is 11.7 Å². The molecule has 0 heterocycles. The Labute approximate surface area is 151 Å². The van der Waals surface area contributed by atoms with Crippen molar-refractivity contribution in [1.29, 1.82) is 0 Å². The lowest BCUT2D eigenvalue weighted by molar-refractivity contribution is -0.165. The molecule has 0 atom stereocenters. The van der Waals surface area contributed by atoms with Gasteiger partial charge in [-0.05, 0) is 64.3 Å². The first-order chi connectivity index (χ1) is 11.7. The molecule has 0 aliphatic rings. The van der Waals surface area contributed by atoms with E-state index in [1.807, 2.05) is 52.8 Å². The summed E-state index contributed by atoms with van der Waals surface area (Å²) in [6.07, 6.45) is 0.661. The van der Waals surface area contributed by atoms with E-state index in [0.717, 1.165) is 17.8 Å². The minimum atomic E-state index is -0.545. The highest BCUT2D eigenvalue weighted by Crippen LogP contribution is 2.26. The maximum atomic E-state index is 12.4. The van der Waals surface area contributed by atoms with Gasteiger partial charge < -0.3 is 10.1 Å². The van der Waals surface area contributed by atoms with Gasteiger partial charge in [0.1, 0.15) is 5.60 Å². The smallest absolute Gasteiger partial charge is 0.312 e. The Morgan fingerprint density at radius 1 is 0.880 bits per heavy atom. The summed E-state index contributed by atoms with van der Waals surface area (Å²) in [7, 11) is 0. The van der Waals surface area contributed by atoms with Crippen molar-refractivity contribution < 1.29 is 9.53 Å². The van der Waals surface area contributed by atoms with Crippen LogP contribution in [0.2, 0.25) is 0 Å².